The standard InChI is InChI=1S/C13H16N4O/c1-9-10(8-15-16-9)13(18)17-7-3-5-12(17)11-4-2-6-14-11/h2,4,6,8,12,14H,3,5,7H2,1H3,(H,15,16). The molecule has 2 aromatic heterocycles. The Labute approximate surface area is 105 Å². The fourth-order valence-electron chi connectivity index (χ4n) is 2.61. The molecule has 0 radical (unpaired) electrons. The predicted octanol–water partition coefficient (Wildman–Crippen LogP) is 2.02. The quantitative estimate of drug-likeness (QED) is 0.848. The third-order valence-electron chi connectivity index (χ3n) is 3.55. The minimum atomic E-state index is 0.0679. The highest BCUT2D eigenvalue weighted by Gasteiger charge is 2.32. The van der Waals surface area contributed by atoms with Crippen molar-refractivity contribution in [2.75, 3.05) is 6.54 Å². The Morgan fingerprint density at radius 1 is 1.56 bits per heavy atom. The molecule has 5 heteroatoms. The van der Waals surface area contributed by atoms with E-state index in [2.05, 4.69) is 15.2 Å². The number of hydrogen-bond donors (Lipinski definition) is 2. The second kappa shape index (κ2) is 4.33. The van der Waals surface area contributed by atoms with Crippen LogP contribution in [0.3, 0.4) is 0 Å². The van der Waals surface area contributed by atoms with Gasteiger partial charge >= 0.3 is 0 Å². The highest BCUT2D eigenvalue weighted by molar-refractivity contribution is 5.95. The Balaban J connectivity index is 1.88. The van der Waals surface area contributed by atoms with Crippen molar-refractivity contribution in [2.45, 2.75) is 25.8 Å². The van der Waals surface area contributed by atoms with Crippen LogP contribution in [-0.4, -0.2) is 32.5 Å². The number of carbonyl (C=O) groups is 1. The Bertz CT molecular complexity index is 543. The topological polar surface area (TPSA) is 64.8 Å². The lowest BCUT2D eigenvalue weighted by Gasteiger charge is -2.23. The van der Waals surface area contributed by atoms with Gasteiger partial charge in [0.1, 0.15) is 0 Å². The number of aryl methyl sites for hydroxylation is 1. The molecule has 1 aliphatic heterocycles. The number of carbonyl (C=O) groups excluding carboxylic acids is 1. The lowest BCUT2D eigenvalue weighted by molar-refractivity contribution is 0.0732. The molecule has 94 valence electrons. The van der Waals surface area contributed by atoms with Gasteiger partial charge in [0, 0.05) is 24.1 Å². The van der Waals surface area contributed by atoms with Gasteiger partial charge in [0.05, 0.1) is 17.8 Å². The average molecular weight is 244 g/mol. The van der Waals surface area contributed by atoms with Gasteiger partial charge in [0.15, 0.2) is 0 Å². The van der Waals surface area contributed by atoms with Crippen LogP contribution in [0.1, 0.15) is 40.6 Å². The lowest BCUT2D eigenvalue weighted by atomic mass is 10.1. The van der Waals surface area contributed by atoms with Crippen LogP contribution in [0, 0.1) is 6.92 Å². The maximum Gasteiger partial charge on any atom is 0.257 e. The van der Waals surface area contributed by atoms with E-state index in [1.54, 1.807) is 6.20 Å². The van der Waals surface area contributed by atoms with E-state index >= 15 is 0 Å². The molecule has 3 rings (SSSR count). The van der Waals surface area contributed by atoms with E-state index in [0.29, 0.717) is 5.56 Å². The van der Waals surface area contributed by atoms with Crippen LogP contribution < -0.4 is 0 Å². The molecule has 0 aromatic carbocycles. The molecule has 3 heterocycles. The molecule has 0 spiro atoms. The van der Waals surface area contributed by atoms with E-state index in [0.717, 1.165) is 30.8 Å². The summed E-state index contributed by atoms with van der Waals surface area (Å²) in [6.07, 6.45) is 5.58. The molecule has 0 bridgehead atoms. The van der Waals surface area contributed by atoms with Gasteiger partial charge in [-0.25, -0.2) is 0 Å². The van der Waals surface area contributed by atoms with Crippen molar-refractivity contribution < 1.29 is 4.79 Å². The Morgan fingerprint density at radius 3 is 3.11 bits per heavy atom. The van der Waals surface area contributed by atoms with Gasteiger partial charge in [-0.3, -0.25) is 9.89 Å². The summed E-state index contributed by atoms with van der Waals surface area (Å²) in [5.41, 5.74) is 2.62. The number of nitrogens with one attached hydrogen (secondary N) is 2. The second-order valence-corrected chi connectivity index (χ2v) is 4.69. The Morgan fingerprint density at radius 2 is 2.44 bits per heavy atom. The summed E-state index contributed by atoms with van der Waals surface area (Å²) in [5, 5.41) is 6.74. The van der Waals surface area contributed by atoms with Crippen LogP contribution in [0.25, 0.3) is 0 Å². The molecule has 0 aliphatic carbocycles. The normalized spacial score (nSPS) is 19.4. The first-order valence-corrected chi connectivity index (χ1v) is 6.21. The summed E-state index contributed by atoms with van der Waals surface area (Å²) in [4.78, 5) is 17.6. The van der Waals surface area contributed by atoms with Crippen LogP contribution in [-0.2, 0) is 0 Å². The van der Waals surface area contributed by atoms with Crippen molar-refractivity contribution in [3.63, 3.8) is 0 Å². The molecule has 1 saturated heterocycles. The van der Waals surface area contributed by atoms with Crippen LogP contribution in [0.4, 0.5) is 0 Å². The van der Waals surface area contributed by atoms with Gasteiger partial charge in [-0.15, -0.1) is 0 Å². The number of hydrogen-bond acceptors (Lipinski definition) is 2. The number of aromatic amines is 2. The molecular formula is C13H16N4O. The molecule has 0 saturated carbocycles. The molecule has 18 heavy (non-hydrogen) atoms. The first kappa shape index (κ1) is 11.1. The third-order valence-corrected chi connectivity index (χ3v) is 3.55. The summed E-state index contributed by atoms with van der Waals surface area (Å²) in [5.74, 6) is 0.0679. The first-order chi connectivity index (χ1) is 8.77. The number of aromatic nitrogens is 3. The van der Waals surface area contributed by atoms with Crippen LogP contribution in [0.15, 0.2) is 24.5 Å². The Kier molecular flexibility index (Phi) is 2.66. The molecule has 1 atom stereocenters. The van der Waals surface area contributed by atoms with Crippen molar-refractivity contribution in [3.05, 3.63) is 41.5 Å². The Hall–Kier alpha value is -2.04. The molecular weight excluding hydrogens is 228 g/mol. The van der Waals surface area contributed by atoms with Gasteiger partial charge in [-0.2, -0.15) is 5.10 Å². The SMILES string of the molecule is Cc1[nH]ncc1C(=O)N1CCCC1c1ccc[nH]1. The lowest BCUT2D eigenvalue weighted by Crippen LogP contribution is -2.30. The van der Waals surface area contributed by atoms with Crippen molar-refractivity contribution >= 4 is 5.91 Å². The summed E-state index contributed by atoms with van der Waals surface area (Å²) in [6, 6.07) is 4.18. The predicted molar refractivity (Wildman–Crippen MR) is 67.1 cm³/mol. The van der Waals surface area contributed by atoms with Crippen LogP contribution >= 0.6 is 0 Å². The summed E-state index contributed by atoms with van der Waals surface area (Å²) < 4.78 is 0. The number of H-pyrrole nitrogens is 2. The van der Waals surface area contributed by atoms with E-state index in [9.17, 15) is 4.79 Å². The van der Waals surface area contributed by atoms with Crippen molar-refractivity contribution in [1.82, 2.24) is 20.1 Å². The minimum absolute atomic E-state index is 0.0679. The first-order valence-electron chi connectivity index (χ1n) is 6.21. The zero-order chi connectivity index (χ0) is 12.5. The number of likely N-dealkylation sites (tertiary alicyclic amines) is 1. The average Bonchev–Trinajstić information content (AvgIpc) is 3.09. The number of rotatable bonds is 2. The van der Waals surface area contributed by atoms with Gasteiger partial charge in [-0.05, 0) is 31.9 Å². The zero-order valence-corrected chi connectivity index (χ0v) is 10.3. The van der Waals surface area contributed by atoms with Crippen LogP contribution in [0.2, 0.25) is 0 Å². The number of amides is 1. The van der Waals surface area contributed by atoms with E-state index in [4.69, 9.17) is 0 Å². The maximum atomic E-state index is 12.5. The number of nitrogens with zero attached hydrogens (tertiary/aromatic N) is 2. The van der Waals surface area contributed by atoms with Crippen LogP contribution in [0.5, 0.6) is 0 Å². The summed E-state index contributed by atoms with van der Waals surface area (Å²) in [6.45, 7) is 2.69. The summed E-state index contributed by atoms with van der Waals surface area (Å²) in [7, 11) is 0. The van der Waals surface area contributed by atoms with Gasteiger partial charge < -0.3 is 9.88 Å². The molecule has 1 fully saturated rings. The monoisotopic (exact) mass is 244 g/mol. The molecule has 1 unspecified atom stereocenters. The van der Waals surface area contributed by atoms with Gasteiger partial charge in [0.2, 0.25) is 0 Å². The van der Waals surface area contributed by atoms with E-state index < -0.39 is 0 Å². The van der Waals surface area contributed by atoms with E-state index in [-0.39, 0.29) is 11.9 Å². The molecule has 2 aromatic rings. The van der Waals surface area contributed by atoms with Gasteiger partial charge in [0.25, 0.3) is 5.91 Å². The fourth-order valence-corrected chi connectivity index (χ4v) is 2.61. The largest absolute Gasteiger partial charge is 0.363 e. The molecule has 2 N–H and O–H groups in total. The molecule has 1 amide bonds. The van der Waals surface area contributed by atoms with Gasteiger partial charge in [-0.1, -0.05) is 0 Å². The second-order valence-electron chi connectivity index (χ2n) is 4.69. The fraction of sp³-hybridized carbons (Fsp3) is 0.385. The third kappa shape index (κ3) is 1.72. The zero-order valence-electron chi connectivity index (χ0n) is 10.3. The van der Waals surface area contributed by atoms with Crippen molar-refractivity contribution in [2.24, 2.45) is 0 Å². The van der Waals surface area contributed by atoms with Crippen molar-refractivity contribution in [1.29, 1.82) is 0 Å². The summed E-state index contributed by atoms with van der Waals surface area (Å²) >= 11 is 0. The molecule has 1 aliphatic rings. The minimum Gasteiger partial charge on any atom is -0.363 e. The van der Waals surface area contributed by atoms with Crippen molar-refractivity contribution in [3.8, 4) is 0 Å². The smallest absolute Gasteiger partial charge is 0.257 e. The van der Waals surface area contributed by atoms with E-state index in [1.165, 1.54) is 0 Å². The maximum absolute atomic E-state index is 12.5. The highest BCUT2D eigenvalue weighted by Crippen LogP contribution is 2.32. The van der Waals surface area contributed by atoms with E-state index in [1.807, 2.05) is 30.2 Å². The highest BCUT2D eigenvalue weighted by atomic mass is 16.2. The molecule has 5 nitrogen and oxygen atoms in total.